The van der Waals surface area contributed by atoms with Gasteiger partial charge in [-0.15, -0.1) is 0 Å². The molecule has 11 heteroatoms. The molecule has 0 unspecified atom stereocenters. The van der Waals surface area contributed by atoms with Crippen LogP contribution in [0.25, 0.3) is 11.1 Å². The molecule has 0 saturated heterocycles. The van der Waals surface area contributed by atoms with Crippen molar-refractivity contribution < 1.29 is 83.7 Å². The predicted octanol–water partition coefficient (Wildman–Crippen LogP) is -4.85. The number of amides is 2. The summed E-state index contributed by atoms with van der Waals surface area (Å²) in [6.07, 6.45) is 0.780. The second kappa shape index (κ2) is 13.6. The van der Waals surface area contributed by atoms with Crippen LogP contribution in [0.5, 0.6) is 11.5 Å². The maximum Gasteiger partial charge on any atom is 1.00 e. The van der Waals surface area contributed by atoms with Gasteiger partial charge in [-0.25, -0.2) is 4.79 Å². The number of urea groups is 1. The van der Waals surface area contributed by atoms with Crippen LogP contribution in [-0.4, -0.2) is 23.7 Å². The number of nitrogens with zero attached hydrogens (tertiary/aromatic N) is 1. The van der Waals surface area contributed by atoms with Gasteiger partial charge < -0.3 is 34.9 Å². The predicted molar refractivity (Wildman–Crippen MR) is 114 cm³/mol. The third kappa shape index (κ3) is 7.63. The molecule has 0 aliphatic heterocycles. The van der Waals surface area contributed by atoms with Crippen LogP contribution >= 0.6 is 0 Å². The van der Waals surface area contributed by atoms with E-state index < -0.39 is 41.5 Å². The fourth-order valence-electron chi connectivity index (χ4n) is 3.19. The Morgan fingerprint density at radius 1 is 1.06 bits per heavy atom. The second-order valence-corrected chi connectivity index (χ2v) is 7.06. The number of methoxy groups -OCH3 is 1. The molecule has 0 spiro atoms. The van der Waals surface area contributed by atoms with Crippen molar-refractivity contribution in [2.45, 2.75) is 12.5 Å². The zero-order chi connectivity index (χ0) is 23.3. The van der Waals surface area contributed by atoms with Gasteiger partial charge in [-0.1, -0.05) is 42.1 Å². The van der Waals surface area contributed by atoms with Gasteiger partial charge in [0.25, 0.3) is 5.56 Å². The van der Waals surface area contributed by atoms with E-state index in [9.17, 15) is 24.6 Å². The molecular weight excluding hydrogens is 460 g/mol. The molecular formula is C23H21N3Na2O6. The summed E-state index contributed by atoms with van der Waals surface area (Å²) in [7, 11) is 3.00. The van der Waals surface area contributed by atoms with Crippen LogP contribution in [0, 0.1) is 0 Å². The zero-order valence-electron chi connectivity index (χ0n) is 19.5. The molecule has 0 aliphatic rings. The summed E-state index contributed by atoms with van der Waals surface area (Å²) < 4.78 is 6.39. The largest absolute Gasteiger partial charge is 1.00 e. The first-order valence-corrected chi connectivity index (χ1v) is 9.67. The number of nitrogens with one attached hydrogen (secondary N) is 2. The Morgan fingerprint density at radius 3 is 2.35 bits per heavy atom. The number of aromatic nitrogens is 1. The summed E-state index contributed by atoms with van der Waals surface area (Å²) in [5.74, 6) is -1.36. The average molecular weight is 481 g/mol. The smallest absolute Gasteiger partial charge is 0.871 e. The molecule has 34 heavy (non-hydrogen) atoms. The Labute approximate surface area is 240 Å². The minimum Gasteiger partial charge on any atom is -0.871 e. The number of carbonyl (C=O) groups excluding carboxylic acids is 2. The minimum absolute atomic E-state index is 0. The Hall–Kier alpha value is -2.27. The summed E-state index contributed by atoms with van der Waals surface area (Å²) in [5, 5.41) is 28.0. The molecule has 9 nitrogen and oxygen atoms in total. The summed E-state index contributed by atoms with van der Waals surface area (Å²) >= 11 is 0. The third-order valence-electron chi connectivity index (χ3n) is 4.84. The number of rotatable bonds is 7. The van der Waals surface area contributed by atoms with E-state index in [1.165, 1.54) is 13.2 Å². The molecule has 0 saturated carbocycles. The molecule has 0 radical (unpaired) electrons. The SMILES string of the molecule is COc1cccc(-c2cccc([C@H](CC(=O)[O-])NC(=O)Nc3c([O-])ccn(C)c3=O)c2)c1.[Na+].[Na+]. The molecule has 1 aromatic heterocycles. The van der Waals surface area contributed by atoms with Gasteiger partial charge in [0.05, 0.1) is 13.2 Å². The number of hydrogen-bond acceptors (Lipinski definition) is 6. The van der Waals surface area contributed by atoms with Gasteiger partial charge in [-0.3, -0.25) is 4.79 Å². The van der Waals surface area contributed by atoms with Crippen LogP contribution in [0.1, 0.15) is 18.0 Å². The second-order valence-electron chi connectivity index (χ2n) is 7.06. The number of pyridine rings is 1. The normalized spacial score (nSPS) is 10.8. The molecule has 1 atom stereocenters. The number of anilines is 1. The van der Waals surface area contributed by atoms with Crippen LogP contribution in [-0.2, 0) is 11.8 Å². The molecule has 0 fully saturated rings. The van der Waals surface area contributed by atoms with Crippen LogP contribution in [0.15, 0.2) is 65.6 Å². The van der Waals surface area contributed by atoms with E-state index in [0.29, 0.717) is 11.3 Å². The first-order chi connectivity index (χ1) is 15.3. The summed E-state index contributed by atoms with van der Waals surface area (Å²) in [6.45, 7) is 0. The van der Waals surface area contributed by atoms with E-state index in [0.717, 1.165) is 21.8 Å². The Balaban J connectivity index is 0.00000289. The first-order valence-electron chi connectivity index (χ1n) is 9.67. The standard InChI is InChI=1S/C23H23N3O6.2Na/c1-26-10-9-19(27)21(22(26)30)25-23(31)24-18(13-20(28)29)16-7-3-5-14(11-16)15-6-4-8-17(12-15)32-2;;/h3-12,18,27H,13H2,1-2H3,(H,28,29)(H2,24,25,31);;/q;2*+1/p-2/t18-;;/m0../s1. The number of carboxylic acids is 1. The van der Waals surface area contributed by atoms with Crippen molar-refractivity contribution in [2.75, 3.05) is 12.4 Å². The fourth-order valence-corrected chi connectivity index (χ4v) is 3.19. The monoisotopic (exact) mass is 481 g/mol. The third-order valence-corrected chi connectivity index (χ3v) is 4.84. The molecule has 2 aromatic carbocycles. The molecule has 3 aromatic rings. The maximum atomic E-state index is 12.5. The van der Waals surface area contributed by atoms with E-state index >= 15 is 0 Å². The van der Waals surface area contributed by atoms with Gasteiger partial charge in [-0.2, -0.15) is 0 Å². The molecule has 3 rings (SSSR count). The summed E-state index contributed by atoms with van der Waals surface area (Å²) in [5.41, 5.74) is 1.03. The molecule has 0 aliphatic carbocycles. The van der Waals surface area contributed by atoms with Gasteiger partial charge in [0.15, 0.2) is 0 Å². The number of aryl methyl sites for hydroxylation is 1. The molecule has 2 amide bonds. The van der Waals surface area contributed by atoms with Gasteiger partial charge in [0.2, 0.25) is 0 Å². The summed E-state index contributed by atoms with van der Waals surface area (Å²) in [4.78, 5) is 35.9. The van der Waals surface area contributed by atoms with Crippen molar-refractivity contribution in [3.8, 4) is 22.6 Å². The van der Waals surface area contributed by atoms with Gasteiger partial charge in [-0.05, 0) is 34.9 Å². The number of carboxylic acid groups (broad SMARTS) is 1. The minimum atomic E-state index is -1.37. The van der Waals surface area contributed by atoms with E-state index in [1.807, 2.05) is 24.3 Å². The van der Waals surface area contributed by atoms with Crippen LogP contribution in [0.4, 0.5) is 10.5 Å². The van der Waals surface area contributed by atoms with Crippen molar-refractivity contribution in [3.05, 3.63) is 76.7 Å². The van der Waals surface area contributed by atoms with Crippen LogP contribution < -0.4 is 90.3 Å². The van der Waals surface area contributed by atoms with E-state index in [-0.39, 0.29) is 59.1 Å². The number of carbonyl (C=O) groups is 2. The number of hydrogen-bond donors (Lipinski definition) is 2. The van der Waals surface area contributed by atoms with E-state index in [4.69, 9.17) is 4.74 Å². The number of ether oxygens (including phenoxy) is 1. The molecule has 0 bridgehead atoms. The van der Waals surface area contributed by atoms with Crippen molar-refractivity contribution in [1.82, 2.24) is 9.88 Å². The molecule has 166 valence electrons. The fraction of sp³-hybridized carbons (Fsp3) is 0.174. The number of aliphatic carboxylic acids is 1. The number of benzene rings is 2. The quantitative estimate of drug-likeness (QED) is 0.325. The maximum absolute atomic E-state index is 12.5. The van der Waals surface area contributed by atoms with Crippen molar-refractivity contribution in [1.29, 1.82) is 0 Å². The Morgan fingerprint density at radius 2 is 1.71 bits per heavy atom. The van der Waals surface area contributed by atoms with Crippen molar-refractivity contribution in [2.24, 2.45) is 7.05 Å². The average Bonchev–Trinajstić information content (AvgIpc) is 2.78. The van der Waals surface area contributed by atoms with Crippen LogP contribution in [0.3, 0.4) is 0 Å². The van der Waals surface area contributed by atoms with E-state index in [1.54, 1.807) is 31.4 Å². The van der Waals surface area contributed by atoms with Gasteiger partial charge in [0, 0.05) is 25.6 Å². The Bertz CT molecular complexity index is 1220. The molecule has 1 heterocycles. The zero-order valence-corrected chi connectivity index (χ0v) is 23.5. The summed E-state index contributed by atoms with van der Waals surface area (Å²) in [6, 6.07) is 13.6. The molecule has 2 N–H and O–H groups in total. The van der Waals surface area contributed by atoms with Gasteiger partial charge >= 0.3 is 65.1 Å². The van der Waals surface area contributed by atoms with Crippen LogP contribution in [0.2, 0.25) is 0 Å². The van der Waals surface area contributed by atoms with Crippen molar-refractivity contribution >= 4 is 17.7 Å². The van der Waals surface area contributed by atoms with Crippen molar-refractivity contribution in [3.63, 3.8) is 0 Å². The topological polar surface area (TPSA) is 136 Å². The first kappa shape index (κ1) is 29.8. The Kier molecular flexibility index (Phi) is 11.9. The van der Waals surface area contributed by atoms with E-state index in [2.05, 4.69) is 10.6 Å². The van der Waals surface area contributed by atoms with Gasteiger partial charge in [0.1, 0.15) is 11.4 Å².